The maximum Gasteiger partial charge on any atom is 0.305 e. The summed E-state index contributed by atoms with van der Waals surface area (Å²) >= 11 is 3.23. The number of carbonyl (C=O) groups is 1. The van der Waals surface area contributed by atoms with Crippen LogP contribution in [0, 0.1) is 10.1 Å². The molecule has 0 aliphatic carbocycles. The van der Waals surface area contributed by atoms with Crippen molar-refractivity contribution < 1.29 is 23.2 Å². The molecule has 10 heteroatoms. The van der Waals surface area contributed by atoms with Gasteiger partial charge in [-0.3, -0.25) is 19.2 Å². The van der Waals surface area contributed by atoms with Gasteiger partial charge in [-0.2, -0.15) is 0 Å². The van der Waals surface area contributed by atoms with Gasteiger partial charge < -0.3 is 5.11 Å². The molecule has 0 bridgehead atoms. The Morgan fingerprint density at radius 3 is 2.32 bits per heavy atom. The summed E-state index contributed by atoms with van der Waals surface area (Å²) < 4.78 is 27.5. The summed E-state index contributed by atoms with van der Waals surface area (Å²) in [6, 6.07) is 11.1. The Morgan fingerprint density at radius 1 is 1.16 bits per heavy atom. The van der Waals surface area contributed by atoms with Crippen molar-refractivity contribution in [1.29, 1.82) is 0 Å². The first-order valence-electron chi connectivity index (χ1n) is 6.97. The van der Waals surface area contributed by atoms with Crippen LogP contribution in [0.25, 0.3) is 0 Å². The largest absolute Gasteiger partial charge is 0.481 e. The van der Waals surface area contributed by atoms with E-state index in [0.717, 1.165) is 16.4 Å². The average molecular weight is 429 g/mol. The summed E-state index contributed by atoms with van der Waals surface area (Å²) in [6.45, 7) is -0.356. The summed E-state index contributed by atoms with van der Waals surface area (Å²) in [5.41, 5.74) is -0.359. The molecule has 0 saturated carbocycles. The van der Waals surface area contributed by atoms with Crippen molar-refractivity contribution in [2.45, 2.75) is 11.3 Å². The minimum Gasteiger partial charge on any atom is -0.481 e. The van der Waals surface area contributed by atoms with E-state index in [1.54, 1.807) is 12.1 Å². The van der Waals surface area contributed by atoms with Gasteiger partial charge in [0.1, 0.15) is 0 Å². The zero-order chi connectivity index (χ0) is 18.6. The minimum atomic E-state index is -4.33. The van der Waals surface area contributed by atoms with Gasteiger partial charge in [-0.15, -0.1) is 0 Å². The number of hydrogen-bond donors (Lipinski definition) is 1. The number of para-hydroxylation sites is 1. The van der Waals surface area contributed by atoms with E-state index in [0.29, 0.717) is 4.47 Å². The van der Waals surface area contributed by atoms with Crippen LogP contribution in [-0.4, -0.2) is 31.0 Å². The molecular weight excluding hydrogens is 416 g/mol. The average Bonchev–Trinajstić information content (AvgIpc) is 2.56. The summed E-state index contributed by atoms with van der Waals surface area (Å²) in [5.74, 6) is -1.18. The van der Waals surface area contributed by atoms with Crippen molar-refractivity contribution in [2.24, 2.45) is 0 Å². The number of benzene rings is 2. The van der Waals surface area contributed by atoms with Gasteiger partial charge in [0.2, 0.25) is 0 Å². The fourth-order valence-electron chi connectivity index (χ4n) is 2.14. The molecule has 0 saturated heterocycles. The van der Waals surface area contributed by atoms with Crippen molar-refractivity contribution in [3.8, 4) is 0 Å². The van der Waals surface area contributed by atoms with Gasteiger partial charge in [0.25, 0.3) is 15.7 Å². The van der Waals surface area contributed by atoms with Gasteiger partial charge in [0.05, 0.1) is 17.0 Å². The Bertz CT molecular complexity index is 898. The molecule has 0 aliphatic heterocycles. The number of rotatable bonds is 7. The number of sulfonamides is 1. The molecule has 0 fully saturated rings. The second-order valence-corrected chi connectivity index (χ2v) is 7.67. The second kappa shape index (κ2) is 7.62. The normalized spacial score (nSPS) is 11.1. The maximum atomic E-state index is 13.0. The molecule has 0 unspecified atom stereocenters. The predicted molar refractivity (Wildman–Crippen MR) is 94.0 cm³/mol. The number of nitro benzene ring substituents is 1. The van der Waals surface area contributed by atoms with Crippen LogP contribution in [-0.2, 0) is 14.8 Å². The van der Waals surface area contributed by atoms with Crippen molar-refractivity contribution in [1.82, 2.24) is 0 Å². The summed E-state index contributed by atoms with van der Waals surface area (Å²) in [7, 11) is -4.33. The molecule has 1 N–H and O–H groups in total. The first kappa shape index (κ1) is 18.9. The molecule has 0 spiro atoms. The fraction of sp³-hybridized carbons (Fsp3) is 0.133. The zero-order valence-electron chi connectivity index (χ0n) is 12.7. The number of carboxylic acids is 1. The third kappa shape index (κ3) is 4.34. The van der Waals surface area contributed by atoms with Crippen LogP contribution >= 0.6 is 15.9 Å². The molecule has 0 aromatic heterocycles. The summed E-state index contributed by atoms with van der Waals surface area (Å²) in [6.07, 6.45) is -0.448. The zero-order valence-corrected chi connectivity index (χ0v) is 15.1. The fourth-order valence-corrected chi connectivity index (χ4v) is 4.03. The highest BCUT2D eigenvalue weighted by atomic mass is 79.9. The molecule has 2 aromatic rings. The molecule has 0 atom stereocenters. The Kier molecular flexibility index (Phi) is 5.75. The third-order valence-electron chi connectivity index (χ3n) is 3.27. The van der Waals surface area contributed by atoms with E-state index < -0.39 is 37.9 Å². The smallest absolute Gasteiger partial charge is 0.305 e. The SMILES string of the molecule is O=C(O)CCN(c1ccc(Br)cc1)S(=O)(=O)c1ccccc1[N+](=O)[O-]. The highest BCUT2D eigenvalue weighted by molar-refractivity contribution is 9.10. The van der Waals surface area contributed by atoms with Crippen LogP contribution in [0.3, 0.4) is 0 Å². The molecule has 0 heterocycles. The lowest BCUT2D eigenvalue weighted by Crippen LogP contribution is -2.33. The Balaban J connectivity index is 2.57. The van der Waals surface area contributed by atoms with E-state index in [4.69, 9.17) is 5.11 Å². The molecule has 0 aliphatic rings. The molecule has 0 amide bonds. The minimum absolute atomic E-state index is 0.211. The molecular formula is C15H13BrN2O6S. The predicted octanol–water partition coefficient (Wildman–Crippen LogP) is 3.03. The molecule has 25 heavy (non-hydrogen) atoms. The number of aliphatic carboxylic acids is 1. The van der Waals surface area contributed by atoms with E-state index in [1.807, 2.05) is 0 Å². The molecule has 2 rings (SSSR count). The number of anilines is 1. The van der Waals surface area contributed by atoms with Gasteiger partial charge in [0, 0.05) is 17.1 Å². The van der Waals surface area contributed by atoms with Crippen LogP contribution in [0.1, 0.15) is 6.42 Å². The van der Waals surface area contributed by atoms with Crippen molar-refractivity contribution in [3.63, 3.8) is 0 Å². The lowest BCUT2D eigenvalue weighted by atomic mass is 10.3. The van der Waals surface area contributed by atoms with Crippen LogP contribution in [0.5, 0.6) is 0 Å². The number of nitro groups is 1. The van der Waals surface area contributed by atoms with E-state index in [2.05, 4.69) is 15.9 Å². The van der Waals surface area contributed by atoms with E-state index in [9.17, 15) is 23.3 Å². The highest BCUT2D eigenvalue weighted by Gasteiger charge is 2.31. The van der Waals surface area contributed by atoms with Crippen molar-refractivity contribution in [2.75, 3.05) is 10.8 Å². The maximum absolute atomic E-state index is 13.0. The Hall–Kier alpha value is -2.46. The van der Waals surface area contributed by atoms with E-state index in [1.165, 1.54) is 24.3 Å². The topological polar surface area (TPSA) is 118 Å². The van der Waals surface area contributed by atoms with Crippen LogP contribution in [0.2, 0.25) is 0 Å². The van der Waals surface area contributed by atoms with Gasteiger partial charge in [-0.25, -0.2) is 8.42 Å². The number of halogens is 1. The highest BCUT2D eigenvalue weighted by Crippen LogP contribution is 2.30. The number of carboxylic acid groups (broad SMARTS) is 1. The van der Waals surface area contributed by atoms with Crippen LogP contribution in [0.4, 0.5) is 11.4 Å². The van der Waals surface area contributed by atoms with Gasteiger partial charge in [-0.05, 0) is 30.3 Å². The molecule has 8 nitrogen and oxygen atoms in total. The molecule has 2 aromatic carbocycles. The first-order valence-corrected chi connectivity index (χ1v) is 9.20. The van der Waals surface area contributed by atoms with Gasteiger partial charge in [-0.1, -0.05) is 28.1 Å². The number of hydrogen-bond acceptors (Lipinski definition) is 5. The second-order valence-electron chi connectivity index (χ2n) is 4.92. The summed E-state index contributed by atoms with van der Waals surface area (Å²) in [5, 5.41) is 20.1. The van der Waals surface area contributed by atoms with E-state index in [-0.39, 0.29) is 12.2 Å². The monoisotopic (exact) mass is 428 g/mol. The Morgan fingerprint density at radius 2 is 1.76 bits per heavy atom. The van der Waals surface area contributed by atoms with Crippen LogP contribution in [0.15, 0.2) is 57.9 Å². The van der Waals surface area contributed by atoms with Crippen LogP contribution < -0.4 is 4.31 Å². The van der Waals surface area contributed by atoms with E-state index >= 15 is 0 Å². The van der Waals surface area contributed by atoms with Gasteiger partial charge >= 0.3 is 5.97 Å². The summed E-state index contributed by atoms with van der Waals surface area (Å²) in [4.78, 5) is 20.8. The van der Waals surface area contributed by atoms with Crippen molar-refractivity contribution in [3.05, 3.63) is 63.1 Å². The molecule has 0 radical (unpaired) electrons. The lowest BCUT2D eigenvalue weighted by molar-refractivity contribution is -0.387. The van der Waals surface area contributed by atoms with Crippen molar-refractivity contribution >= 4 is 43.3 Å². The molecule has 132 valence electrons. The third-order valence-corrected chi connectivity index (χ3v) is 5.68. The lowest BCUT2D eigenvalue weighted by Gasteiger charge is -2.23. The first-order chi connectivity index (χ1) is 11.7. The standard InChI is InChI=1S/C15H13BrN2O6S/c16-11-5-7-12(8-6-11)17(10-9-15(19)20)25(23,24)14-4-2-1-3-13(14)18(21)22/h1-8H,9-10H2,(H,19,20). The Labute approximate surface area is 152 Å². The quantitative estimate of drug-likeness (QED) is 0.534. The van der Waals surface area contributed by atoms with Gasteiger partial charge in [0.15, 0.2) is 4.90 Å². The number of nitrogens with zero attached hydrogens (tertiary/aromatic N) is 2.